The first-order valence-electron chi connectivity index (χ1n) is 7.27. The fraction of sp³-hybridized carbons (Fsp3) is 0.533. The third kappa shape index (κ3) is 2.07. The summed E-state index contributed by atoms with van der Waals surface area (Å²) in [5.41, 5.74) is 2.11. The molecule has 5 nitrogen and oxygen atoms in total. The Kier molecular flexibility index (Phi) is 2.89. The lowest BCUT2D eigenvalue weighted by atomic mass is 9.95. The van der Waals surface area contributed by atoms with Gasteiger partial charge >= 0.3 is 0 Å². The molecule has 0 spiro atoms. The van der Waals surface area contributed by atoms with Gasteiger partial charge in [0.25, 0.3) is 0 Å². The van der Waals surface area contributed by atoms with Gasteiger partial charge in [-0.2, -0.15) is 5.10 Å². The monoisotopic (exact) mass is 273 g/mol. The third-order valence-corrected chi connectivity index (χ3v) is 4.37. The summed E-state index contributed by atoms with van der Waals surface area (Å²) in [5.74, 6) is 1.76. The summed E-state index contributed by atoms with van der Waals surface area (Å²) in [5, 5.41) is 10.8. The topological polar surface area (TPSA) is 63.1 Å². The molecule has 2 aliphatic rings. The maximum atomic E-state index is 5.87. The van der Waals surface area contributed by atoms with E-state index in [0.29, 0.717) is 18.2 Å². The van der Waals surface area contributed by atoms with Crippen molar-refractivity contribution in [2.24, 2.45) is 0 Å². The Balaban J connectivity index is 1.46. The molecule has 2 N–H and O–H groups in total. The van der Waals surface area contributed by atoms with Crippen LogP contribution in [0.1, 0.15) is 30.6 Å². The zero-order valence-electron chi connectivity index (χ0n) is 11.6. The summed E-state index contributed by atoms with van der Waals surface area (Å²) < 4.78 is 11.5. The van der Waals surface area contributed by atoms with E-state index in [9.17, 15) is 0 Å². The molecule has 0 radical (unpaired) electrons. The molecule has 5 heteroatoms. The predicted molar refractivity (Wildman–Crippen MR) is 74.2 cm³/mol. The molecular formula is C15H19N3O2. The Hall–Kier alpha value is -1.59. The second-order valence-corrected chi connectivity index (χ2v) is 5.78. The quantitative estimate of drug-likeness (QED) is 0.898. The number of aromatic nitrogens is 2. The highest BCUT2D eigenvalue weighted by molar-refractivity contribution is 5.56. The van der Waals surface area contributed by atoms with Crippen LogP contribution in [0, 0.1) is 6.92 Å². The average Bonchev–Trinajstić information content (AvgIpc) is 3.20. The molecule has 2 bridgehead atoms. The average molecular weight is 273 g/mol. The van der Waals surface area contributed by atoms with Gasteiger partial charge in [0.1, 0.15) is 11.5 Å². The van der Waals surface area contributed by atoms with E-state index in [0.717, 1.165) is 35.7 Å². The van der Waals surface area contributed by atoms with Crippen molar-refractivity contribution in [3.63, 3.8) is 0 Å². The van der Waals surface area contributed by atoms with Gasteiger partial charge in [-0.25, -0.2) is 0 Å². The van der Waals surface area contributed by atoms with Crippen LogP contribution in [0.2, 0.25) is 0 Å². The van der Waals surface area contributed by atoms with Crippen molar-refractivity contribution in [1.29, 1.82) is 0 Å². The highest BCUT2D eigenvalue weighted by Gasteiger charge is 2.40. The van der Waals surface area contributed by atoms with Crippen LogP contribution in [0.5, 0.6) is 0 Å². The molecule has 2 aromatic rings. The second-order valence-electron chi connectivity index (χ2n) is 5.78. The fourth-order valence-corrected chi connectivity index (χ4v) is 3.32. The van der Waals surface area contributed by atoms with Crippen LogP contribution in [0.3, 0.4) is 0 Å². The van der Waals surface area contributed by atoms with Crippen molar-refractivity contribution >= 4 is 0 Å². The Bertz CT molecular complexity index is 604. The number of aryl methyl sites for hydroxylation is 1. The smallest absolute Gasteiger partial charge is 0.152 e. The molecule has 2 aromatic heterocycles. The lowest BCUT2D eigenvalue weighted by Gasteiger charge is -2.19. The van der Waals surface area contributed by atoms with E-state index in [1.807, 2.05) is 25.3 Å². The molecule has 3 unspecified atom stereocenters. The third-order valence-electron chi connectivity index (χ3n) is 4.37. The van der Waals surface area contributed by atoms with Crippen LogP contribution in [0.15, 0.2) is 22.7 Å². The summed E-state index contributed by atoms with van der Waals surface area (Å²) in [6.07, 6.45) is 6.31. The van der Waals surface area contributed by atoms with Crippen molar-refractivity contribution in [3.8, 4) is 11.5 Å². The minimum atomic E-state index is 0.404. The zero-order valence-corrected chi connectivity index (χ0v) is 11.6. The number of rotatable bonds is 4. The molecule has 0 aliphatic carbocycles. The van der Waals surface area contributed by atoms with Gasteiger partial charge in [0.15, 0.2) is 5.76 Å². The van der Waals surface area contributed by atoms with Gasteiger partial charge in [0.05, 0.1) is 18.4 Å². The minimum Gasteiger partial charge on any atom is -0.460 e. The van der Waals surface area contributed by atoms with Gasteiger partial charge in [0.2, 0.25) is 0 Å². The highest BCUT2D eigenvalue weighted by atomic mass is 16.5. The van der Waals surface area contributed by atoms with Crippen LogP contribution in [0.4, 0.5) is 0 Å². The minimum absolute atomic E-state index is 0.404. The first-order valence-corrected chi connectivity index (χ1v) is 7.27. The molecular weight excluding hydrogens is 254 g/mol. The van der Waals surface area contributed by atoms with Gasteiger partial charge in [0, 0.05) is 18.2 Å². The molecule has 20 heavy (non-hydrogen) atoms. The van der Waals surface area contributed by atoms with Gasteiger partial charge in [-0.15, -0.1) is 0 Å². The number of H-pyrrole nitrogens is 1. The molecule has 106 valence electrons. The number of hydrogen-bond donors (Lipinski definition) is 2. The summed E-state index contributed by atoms with van der Waals surface area (Å²) in [6.45, 7) is 2.74. The van der Waals surface area contributed by atoms with Crippen LogP contribution in [0.25, 0.3) is 11.5 Å². The molecule has 0 saturated carbocycles. The highest BCUT2D eigenvalue weighted by Crippen LogP contribution is 2.34. The predicted octanol–water partition coefficient (Wildman–Crippen LogP) is 2.39. The SMILES string of the molecule is Cc1ccc(-c2[nH]ncc2CNC2CC3CCC2O3)o1. The van der Waals surface area contributed by atoms with E-state index in [1.165, 1.54) is 12.8 Å². The number of ether oxygens (including phenoxy) is 1. The Morgan fingerprint density at radius 3 is 3.05 bits per heavy atom. The molecule has 3 atom stereocenters. The number of aromatic amines is 1. The molecule has 2 aliphatic heterocycles. The molecule has 4 rings (SSSR count). The molecule has 2 fully saturated rings. The number of nitrogens with one attached hydrogen (secondary N) is 2. The maximum absolute atomic E-state index is 5.87. The van der Waals surface area contributed by atoms with E-state index in [2.05, 4.69) is 15.5 Å². The van der Waals surface area contributed by atoms with Crippen LogP contribution in [-0.4, -0.2) is 28.4 Å². The number of furan rings is 1. The van der Waals surface area contributed by atoms with Crippen LogP contribution in [-0.2, 0) is 11.3 Å². The number of hydrogen-bond acceptors (Lipinski definition) is 4. The standard InChI is InChI=1S/C15H19N3O2/c1-9-2-4-14(19-9)15-10(8-17-18-15)7-16-12-6-11-3-5-13(12)20-11/h2,4,8,11-13,16H,3,5-7H2,1H3,(H,17,18). The Labute approximate surface area is 117 Å². The van der Waals surface area contributed by atoms with Crippen LogP contribution >= 0.6 is 0 Å². The normalized spacial score (nSPS) is 28.4. The first kappa shape index (κ1) is 12.2. The van der Waals surface area contributed by atoms with Crippen molar-refractivity contribution in [3.05, 3.63) is 29.7 Å². The van der Waals surface area contributed by atoms with Crippen molar-refractivity contribution < 1.29 is 9.15 Å². The second kappa shape index (κ2) is 4.75. The fourth-order valence-electron chi connectivity index (χ4n) is 3.32. The Morgan fingerprint density at radius 1 is 1.40 bits per heavy atom. The van der Waals surface area contributed by atoms with Gasteiger partial charge in [-0.05, 0) is 38.3 Å². The lowest BCUT2D eigenvalue weighted by molar-refractivity contribution is 0.0973. The zero-order chi connectivity index (χ0) is 13.5. The maximum Gasteiger partial charge on any atom is 0.152 e. The molecule has 0 aromatic carbocycles. The van der Waals surface area contributed by atoms with Gasteiger partial charge in [-0.3, -0.25) is 5.10 Å². The Morgan fingerprint density at radius 2 is 2.35 bits per heavy atom. The van der Waals surface area contributed by atoms with E-state index < -0.39 is 0 Å². The lowest BCUT2D eigenvalue weighted by Crippen LogP contribution is -2.37. The number of fused-ring (bicyclic) bond motifs is 2. The van der Waals surface area contributed by atoms with Crippen molar-refractivity contribution in [2.45, 2.75) is 51.0 Å². The first-order chi connectivity index (χ1) is 9.79. The number of nitrogens with zero attached hydrogens (tertiary/aromatic N) is 1. The largest absolute Gasteiger partial charge is 0.460 e. The molecule has 0 amide bonds. The van der Waals surface area contributed by atoms with Crippen LogP contribution < -0.4 is 5.32 Å². The molecule has 4 heterocycles. The van der Waals surface area contributed by atoms with E-state index in [-0.39, 0.29) is 0 Å². The molecule has 2 saturated heterocycles. The van der Waals surface area contributed by atoms with Gasteiger partial charge < -0.3 is 14.5 Å². The summed E-state index contributed by atoms with van der Waals surface area (Å²) in [7, 11) is 0. The summed E-state index contributed by atoms with van der Waals surface area (Å²) in [6, 6.07) is 4.43. The van der Waals surface area contributed by atoms with E-state index in [1.54, 1.807) is 0 Å². The van der Waals surface area contributed by atoms with E-state index in [4.69, 9.17) is 9.15 Å². The van der Waals surface area contributed by atoms with E-state index >= 15 is 0 Å². The van der Waals surface area contributed by atoms with Gasteiger partial charge in [-0.1, -0.05) is 0 Å². The van der Waals surface area contributed by atoms with Crippen molar-refractivity contribution in [1.82, 2.24) is 15.5 Å². The van der Waals surface area contributed by atoms with Crippen molar-refractivity contribution in [2.75, 3.05) is 0 Å². The summed E-state index contributed by atoms with van der Waals surface area (Å²) >= 11 is 0. The summed E-state index contributed by atoms with van der Waals surface area (Å²) in [4.78, 5) is 0.